The molecule has 18 heavy (non-hydrogen) atoms. The Labute approximate surface area is 106 Å². The fraction of sp³-hybridized carbons (Fsp3) is 0.0833. The molecule has 3 N–H and O–H groups in total. The number of aromatic nitrogens is 2. The minimum atomic E-state index is -0.206. The third-order valence-corrected chi connectivity index (χ3v) is 2.94. The van der Waals surface area contributed by atoms with Gasteiger partial charge in [0.05, 0.1) is 5.39 Å². The number of nitrogen functional groups attached to an aromatic ring is 1. The van der Waals surface area contributed by atoms with E-state index in [1.165, 1.54) is 0 Å². The maximum atomic E-state index is 12.3. The number of nitrogens with one attached hydrogen (secondary N) is 1. The average Bonchev–Trinajstić information content (AvgIpc) is 2.27. The minimum absolute atomic E-state index is 0.166. The van der Waals surface area contributed by atoms with E-state index >= 15 is 0 Å². The Morgan fingerprint density at radius 3 is 3.00 bits per heavy atom. The number of H-pyrrole nitrogens is 1. The van der Waals surface area contributed by atoms with Gasteiger partial charge in [-0.1, -0.05) is 6.07 Å². The van der Waals surface area contributed by atoms with Crippen molar-refractivity contribution >= 4 is 40.1 Å². The Balaban J connectivity index is 2.65. The molecule has 3 aromatic rings. The SMILES string of the molecule is Cc1ccc2c(=O)c3c(N)[nH]c(=S)nc3oc2c1. The first-order chi connectivity index (χ1) is 8.56. The maximum Gasteiger partial charge on any atom is 0.236 e. The summed E-state index contributed by atoms with van der Waals surface area (Å²) in [6.45, 7) is 1.92. The zero-order chi connectivity index (χ0) is 12.9. The number of benzene rings is 1. The molecular formula is C12H9N3O2S. The summed E-state index contributed by atoms with van der Waals surface area (Å²) in [5.74, 6) is 0.182. The number of rotatable bonds is 0. The van der Waals surface area contributed by atoms with Gasteiger partial charge < -0.3 is 15.1 Å². The summed E-state index contributed by atoms with van der Waals surface area (Å²) >= 11 is 4.91. The molecule has 0 bridgehead atoms. The number of fused-ring (bicyclic) bond motifs is 2. The highest BCUT2D eigenvalue weighted by Crippen LogP contribution is 2.20. The Bertz CT molecular complexity index is 895. The molecule has 0 aliphatic rings. The molecule has 5 nitrogen and oxygen atoms in total. The molecule has 0 saturated heterocycles. The fourth-order valence-corrected chi connectivity index (χ4v) is 2.10. The summed E-state index contributed by atoms with van der Waals surface area (Å²) in [5.41, 5.74) is 7.20. The van der Waals surface area contributed by atoms with Crippen LogP contribution in [0.2, 0.25) is 0 Å². The second-order valence-corrected chi connectivity index (χ2v) is 4.45. The Morgan fingerprint density at radius 2 is 2.22 bits per heavy atom. The number of anilines is 1. The van der Waals surface area contributed by atoms with E-state index in [4.69, 9.17) is 22.4 Å². The fourth-order valence-electron chi connectivity index (χ4n) is 1.90. The third-order valence-electron chi connectivity index (χ3n) is 2.74. The van der Waals surface area contributed by atoms with E-state index in [1.54, 1.807) is 12.1 Å². The highest BCUT2D eigenvalue weighted by atomic mass is 32.1. The van der Waals surface area contributed by atoms with Crippen LogP contribution in [0.5, 0.6) is 0 Å². The van der Waals surface area contributed by atoms with E-state index in [1.807, 2.05) is 13.0 Å². The molecule has 0 fully saturated rings. The molecule has 2 heterocycles. The lowest BCUT2D eigenvalue weighted by Crippen LogP contribution is -2.08. The molecule has 0 saturated carbocycles. The van der Waals surface area contributed by atoms with Gasteiger partial charge in [-0.25, -0.2) is 0 Å². The van der Waals surface area contributed by atoms with Crippen LogP contribution < -0.4 is 11.2 Å². The lowest BCUT2D eigenvalue weighted by molar-refractivity contribution is 0.642. The van der Waals surface area contributed by atoms with Gasteiger partial charge in [-0.2, -0.15) is 4.98 Å². The molecule has 0 radical (unpaired) electrons. The van der Waals surface area contributed by atoms with Crippen LogP contribution in [0.25, 0.3) is 22.1 Å². The zero-order valence-electron chi connectivity index (χ0n) is 9.48. The zero-order valence-corrected chi connectivity index (χ0v) is 10.3. The van der Waals surface area contributed by atoms with Crippen molar-refractivity contribution in [1.82, 2.24) is 9.97 Å². The Kier molecular flexibility index (Phi) is 2.21. The van der Waals surface area contributed by atoms with Gasteiger partial charge >= 0.3 is 0 Å². The number of aryl methyl sites for hydroxylation is 1. The van der Waals surface area contributed by atoms with Crippen molar-refractivity contribution in [2.45, 2.75) is 6.92 Å². The maximum absolute atomic E-state index is 12.3. The van der Waals surface area contributed by atoms with Crippen molar-refractivity contribution in [3.63, 3.8) is 0 Å². The summed E-state index contributed by atoms with van der Waals surface area (Å²) < 4.78 is 5.78. The standard InChI is InChI=1S/C12H9N3O2S/c1-5-2-3-6-7(4-5)17-11-8(9(6)16)10(13)14-12(18)15-11/h2-4H,1H3,(H3,13,14,15,18). The second kappa shape index (κ2) is 3.64. The molecule has 0 aliphatic carbocycles. The van der Waals surface area contributed by atoms with Gasteiger partial charge in [0.25, 0.3) is 0 Å². The van der Waals surface area contributed by atoms with Gasteiger partial charge in [0, 0.05) is 0 Å². The van der Waals surface area contributed by atoms with Gasteiger partial charge in [-0.3, -0.25) is 4.79 Å². The smallest absolute Gasteiger partial charge is 0.236 e. The van der Waals surface area contributed by atoms with Crippen LogP contribution >= 0.6 is 12.2 Å². The number of hydrogen-bond donors (Lipinski definition) is 2. The number of nitrogens with zero attached hydrogens (tertiary/aromatic N) is 1. The van der Waals surface area contributed by atoms with Gasteiger partial charge in [-0.05, 0) is 36.8 Å². The molecule has 0 atom stereocenters. The van der Waals surface area contributed by atoms with Gasteiger partial charge in [0.15, 0.2) is 0 Å². The Hall–Kier alpha value is -2.21. The van der Waals surface area contributed by atoms with Crippen LogP contribution in [0.4, 0.5) is 5.82 Å². The van der Waals surface area contributed by atoms with Crippen LogP contribution in [-0.4, -0.2) is 9.97 Å². The average molecular weight is 259 g/mol. The van der Waals surface area contributed by atoms with Crippen molar-refractivity contribution in [3.05, 3.63) is 38.8 Å². The molecular weight excluding hydrogens is 250 g/mol. The van der Waals surface area contributed by atoms with Crippen molar-refractivity contribution in [3.8, 4) is 0 Å². The largest absolute Gasteiger partial charge is 0.437 e. The first kappa shape index (κ1) is 10.9. The van der Waals surface area contributed by atoms with E-state index in [-0.39, 0.29) is 27.1 Å². The lowest BCUT2D eigenvalue weighted by Gasteiger charge is -2.03. The molecule has 3 rings (SSSR count). The van der Waals surface area contributed by atoms with E-state index in [2.05, 4.69) is 9.97 Å². The highest BCUT2D eigenvalue weighted by Gasteiger charge is 2.11. The van der Waals surface area contributed by atoms with Crippen LogP contribution in [0.1, 0.15) is 5.56 Å². The highest BCUT2D eigenvalue weighted by molar-refractivity contribution is 7.71. The molecule has 0 unspecified atom stereocenters. The third kappa shape index (κ3) is 1.50. The van der Waals surface area contributed by atoms with E-state index in [0.717, 1.165) is 5.56 Å². The van der Waals surface area contributed by atoms with Gasteiger partial charge in [0.2, 0.25) is 15.9 Å². The lowest BCUT2D eigenvalue weighted by atomic mass is 10.1. The van der Waals surface area contributed by atoms with Crippen LogP contribution in [0.15, 0.2) is 27.4 Å². The molecule has 0 amide bonds. The van der Waals surface area contributed by atoms with E-state index in [9.17, 15) is 4.79 Å². The minimum Gasteiger partial charge on any atom is -0.437 e. The molecule has 2 aromatic heterocycles. The normalized spacial score (nSPS) is 11.2. The number of hydrogen-bond acceptors (Lipinski definition) is 5. The Morgan fingerprint density at radius 1 is 1.44 bits per heavy atom. The monoisotopic (exact) mass is 259 g/mol. The van der Waals surface area contributed by atoms with Crippen molar-refractivity contribution in [2.75, 3.05) is 5.73 Å². The van der Waals surface area contributed by atoms with Crippen LogP contribution in [-0.2, 0) is 0 Å². The summed E-state index contributed by atoms with van der Waals surface area (Å²) in [6, 6.07) is 5.35. The first-order valence-electron chi connectivity index (χ1n) is 5.29. The summed E-state index contributed by atoms with van der Waals surface area (Å²) in [4.78, 5) is 18.9. The van der Waals surface area contributed by atoms with Crippen LogP contribution in [0, 0.1) is 11.7 Å². The molecule has 1 aromatic carbocycles. The predicted octanol–water partition coefficient (Wildman–Crippen LogP) is 2.29. The van der Waals surface area contributed by atoms with E-state index in [0.29, 0.717) is 11.0 Å². The molecule has 90 valence electrons. The number of nitrogens with two attached hydrogens (primary N) is 1. The quantitative estimate of drug-likeness (QED) is 0.478. The topological polar surface area (TPSA) is 84.9 Å². The molecule has 6 heteroatoms. The second-order valence-electron chi connectivity index (χ2n) is 4.07. The summed E-state index contributed by atoms with van der Waals surface area (Å²) in [6.07, 6.45) is 0. The van der Waals surface area contributed by atoms with Crippen molar-refractivity contribution < 1.29 is 4.42 Å². The first-order valence-corrected chi connectivity index (χ1v) is 5.70. The summed E-state index contributed by atoms with van der Waals surface area (Å²) in [7, 11) is 0. The predicted molar refractivity (Wildman–Crippen MR) is 72.1 cm³/mol. The van der Waals surface area contributed by atoms with Crippen LogP contribution in [0.3, 0.4) is 0 Å². The number of aromatic amines is 1. The van der Waals surface area contributed by atoms with Crippen molar-refractivity contribution in [1.29, 1.82) is 0 Å². The summed E-state index contributed by atoms with van der Waals surface area (Å²) in [5, 5.41) is 0.715. The van der Waals surface area contributed by atoms with E-state index < -0.39 is 0 Å². The van der Waals surface area contributed by atoms with Gasteiger partial charge in [-0.15, -0.1) is 0 Å². The van der Waals surface area contributed by atoms with Gasteiger partial charge in [0.1, 0.15) is 16.8 Å². The molecule has 0 aliphatic heterocycles. The molecule has 0 spiro atoms. The van der Waals surface area contributed by atoms with Crippen molar-refractivity contribution in [2.24, 2.45) is 0 Å².